The van der Waals surface area contributed by atoms with E-state index in [0.717, 1.165) is 5.56 Å². The first kappa shape index (κ1) is 15.8. The highest BCUT2D eigenvalue weighted by Crippen LogP contribution is 2.35. The summed E-state index contributed by atoms with van der Waals surface area (Å²) < 4.78 is 15.8. The van der Waals surface area contributed by atoms with Gasteiger partial charge in [-0.15, -0.1) is 0 Å². The summed E-state index contributed by atoms with van der Waals surface area (Å²) in [7, 11) is 1.30. The van der Waals surface area contributed by atoms with Crippen molar-refractivity contribution in [3.05, 3.63) is 65.4 Å². The Morgan fingerprint density at radius 2 is 1.92 bits per heavy atom. The fourth-order valence-corrected chi connectivity index (χ4v) is 2.36. The van der Waals surface area contributed by atoms with E-state index >= 15 is 0 Å². The molecular formula is C19H16O5. The second-order valence-electron chi connectivity index (χ2n) is 5.29. The van der Waals surface area contributed by atoms with Crippen molar-refractivity contribution in [2.75, 3.05) is 7.11 Å². The Balaban J connectivity index is 1.82. The molecule has 1 aliphatic rings. The maximum Gasteiger partial charge on any atom is 0.346 e. The summed E-state index contributed by atoms with van der Waals surface area (Å²) >= 11 is 0. The van der Waals surface area contributed by atoms with Gasteiger partial charge in [0.1, 0.15) is 11.5 Å². The minimum absolute atomic E-state index is 0.179. The molecule has 1 atom stereocenters. The molecule has 3 rings (SSSR count). The predicted octanol–water partition coefficient (Wildman–Crippen LogP) is 3.24. The molecule has 0 saturated heterocycles. The van der Waals surface area contributed by atoms with Crippen LogP contribution in [0.3, 0.4) is 0 Å². The van der Waals surface area contributed by atoms with Gasteiger partial charge in [-0.2, -0.15) is 0 Å². The molecule has 0 aromatic heterocycles. The van der Waals surface area contributed by atoms with Crippen LogP contribution in [-0.2, 0) is 9.53 Å². The molecule has 1 aliphatic heterocycles. The molecule has 0 bridgehead atoms. The maximum atomic E-state index is 12.4. The zero-order valence-corrected chi connectivity index (χ0v) is 13.3. The van der Waals surface area contributed by atoms with Gasteiger partial charge < -0.3 is 14.2 Å². The van der Waals surface area contributed by atoms with E-state index in [2.05, 4.69) is 4.74 Å². The second-order valence-corrected chi connectivity index (χ2v) is 5.29. The van der Waals surface area contributed by atoms with Gasteiger partial charge in [-0.25, -0.2) is 4.79 Å². The molecule has 2 aromatic carbocycles. The van der Waals surface area contributed by atoms with Crippen molar-refractivity contribution >= 4 is 17.8 Å². The van der Waals surface area contributed by atoms with Gasteiger partial charge in [0.15, 0.2) is 11.9 Å². The fourth-order valence-electron chi connectivity index (χ4n) is 2.36. The molecular weight excluding hydrogens is 308 g/mol. The predicted molar refractivity (Wildman–Crippen MR) is 87.9 cm³/mol. The number of allylic oxidation sites excluding steroid dienone is 1. The summed E-state index contributed by atoms with van der Waals surface area (Å²) in [6.07, 6.45) is 0.949. The number of rotatable bonds is 4. The molecule has 0 spiro atoms. The van der Waals surface area contributed by atoms with Gasteiger partial charge in [0.25, 0.3) is 0 Å². The number of Topliss-reactive ketones (excluding diaryl/α,β-unsaturated/α-hetero) is 1. The summed E-state index contributed by atoms with van der Waals surface area (Å²) in [6.45, 7) is 1.59. The van der Waals surface area contributed by atoms with Crippen LogP contribution < -0.4 is 9.47 Å². The zero-order chi connectivity index (χ0) is 17.1. The monoisotopic (exact) mass is 324 g/mol. The molecule has 24 heavy (non-hydrogen) atoms. The number of carbonyl (C=O) groups excluding carboxylic acids is 2. The van der Waals surface area contributed by atoms with Crippen LogP contribution in [0.15, 0.2) is 54.3 Å². The SMILES string of the molecule is COC(=O)[C@H](C)Oc1ccc2c(c1)OC(=Cc1ccccc1)C2=O. The third-order valence-corrected chi connectivity index (χ3v) is 3.58. The summed E-state index contributed by atoms with van der Waals surface area (Å²) in [4.78, 5) is 23.8. The third kappa shape index (κ3) is 3.15. The smallest absolute Gasteiger partial charge is 0.346 e. The molecule has 1 heterocycles. The van der Waals surface area contributed by atoms with Crippen LogP contribution in [0.5, 0.6) is 11.5 Å². The maximum absolute atomic E-state index is 12.4. The molecule has 0 N–H and O–H groups in total. The fraction of sp³-hybridized carbons (Fsp3) is 0.158. The molecule has 2 aromatic rings. The summed E-state index contributed by atoms with van der Waals surface area (Å²) in [5.41, 5.74) is 1.35. The van der Waals surface area contributed by atoms with Crippen molar-refractivity contribution in [3.8, 4) is 11.5 Å². The number of methoxy groups -OCH3 is 1. The highest BCUT2D eigenvalue weighted by Gasteiger charge is 2.28. The first-order chi connectivity index (χ1) is 11.6. The molecule has 122 valence electrons. The molecule has 0 fully saturated rings. The van der Waals surface area contributed by atoms with E-state index in [0.29, 0.717) is 17.1 Å². The normalized spacial score (nSPS) is 15.6. The Bertz CT molecular complexity index is 808. The highest BCUT2D eigenvalue weighted by atomic mass is 16.6. The largest absolute Gasteiger partial charge is 0.479 e. The van der Waals surface area contributed by atoms with Gasteiger partial charge in [0.2, 0.25) is 5.78 Å². The van der Waals surface area contributed by atoms with Crippen molar-refractivity contribution < 1.29 is 23.8 Å². The minimum atomic E-state index is -0.746. The van der Waals surface area contributed by atoms with Crippen molar-refractivity contribution in [2.45, 2.75) is 13.0 Å². The molecule has 5 heteroatoms. The lowest BCUT2D eigenvalue weighted by Crippen LogP contribution is -2.24. The Kier molecular flexibility index (Phi) is 4.33. The molecule has 5 nitrogen and oxygen atoms in total. The van der Waals surface area contributed by atoms with Gasteiger partial charge in [-0.05, 0) is 30.7 Å². The number of hydrogen-bond acceptors (Lipinski definition) is 5. The molecule has 0 unspecified atom stereocenters. The van der Waals surface area contributed by atoms with Gasteiger partial charge in [0.05, 0.1) is 12.7 Å². The van der Waals surface area contributed by atoms with Crippen molar-refractivity contribution in [1.82, 2.24) is 0 Å². The van der Waals surface area contributed by atoms with E-state index < -0.39 is 12.1 Å². The minimum Gasteiger partial charge on any atom is -0.479 e. The third-order valence-electron chi connectivity index (χ3n) is 3.58. The number of carbonyl (C=O) groups is 2. The van der Waals surface area contributed by atoms with Gasteiger partial charge in [0, 0.05) is 6.07 Å². The Morgan fingerprint density at radius 3 is 2.62 bits per heavy atom. The highest BCUT2D eigenvalue weighted by molar-refractivity contribution is 6.14. The molecule has 0 radical (unpaired) electrons. The van der Waals surface area contributed by atoms with Crippen molar-refractivity contribution in [1.29, 1.82) is 0 Å². The first-order valence-electron chi connectivity index (χ1n) is 7.46. The van der Waals surface area contributed by atoms with Gasteiger partial charge in [-0.1, -0.05) is 30.3 Å². The average Bonchev–Trinajstić information content (AvgIpc) is 2.90. The van der Waals surface area contributed by atoms with Crippen LogP contribution in [0.25, 0.3) is 6.08 Å². The van der Waals surface area contributed by atoms with E-state index in [4.69, 9.17) is 9.47 Å². The number of ketones is 1. The standard InChI is InChI=1S/C19H16O5/c1-12(19(21)22-2)23-14-8-9-15-16(11-14)24-17(18(15)20)10-13-6-4-3-5-7-13/h3-12H,1-2H3/t12-/m0/s1. The Hall–Kier alpha value is -3.08. The van der Waals surface area contributed by atoms with Crippen LogP contribution in [0.2, 0.25) is 0 Å². The van der Waals surface area contributed by atoms with Crippen LogP contribution in [0, 0.1) is 0 Å². The number of benzene rings is 2. The summed E-state index contributed by atoms with van der Waals surface area (Å²) in [5, 5.41) is 0. The van der Waals surface area contributed by atoms with Crippen LogP contribution in [0.4, 0.5) is 0 Å². The van der Waals surface area contributed by atoms with Crippen molar-refractivity contribution in [2.24, 2.45) is 0 Å². The van der Waals surface area contributed by atoms with E-state index in [9.17, 15) is 9.59 Å². The van der Waals surface area contributed by atoms with Crippen molar-refractivity contribution in [3.63, 3.8) is 0 Å². The lowest BCUT2D eigenvalue weighted by atomic mass is 10.1. The van der Waals surface area contributed by atoms with Gasteiger partial charge >= 0.3 is 5.97 Å². The summed E-state index contributed by atoms with van der Waals surface area (Å²) in [5.74, 6) is 0.449. The number of fused-ring (bicyclic) bond motifs is 1. The Labute approximate surface area is 139 Å². The van der Waals surface area contributed by atoms with E-state index in [1.165, 1.54) is 7.11 Å². The molecule has 0 aliphatic carbocycles. The molecule has 0 amide bonds. The van der Waals surface area contributed by atoms with Crippen LogP contribution in [-0.4, -0.2) is 25.0 Å². The molecule has 0 saturated carbocycles. The Morgan fingerprint density at radius 1 is 1.17 bits per heavy atom. The van der Waals surface area contributed by atoms with E-state index in [1.54, 1.807) is 31.2 Å². The summed E-state index contributed by atoms with van der Waals surface area (Å²) in [6, 6.07) is 14.3. The second kappa shape index (κ2) is 6.58. The zero-order valence-electron chi connectivity index (χ0n) is 13.3. The number of esters is 1. The van der Waals surface area contributed by atoms with Gasteiger partial charge in [-0.3, -0.25) is 4.79 Å². The number of hydrogen-bond donors (Lipinski definition) is 0. The van der Waals surface area contributed by atoms with Crippen LogP contribution >= 0.6 is 0 Å². The van der Waals surface area contributed by atoms with Crippen LogP contribution in [0.1, 0.15) is 22.8 Å². The first-order valence-corrected chi connectivity index (χ1v) is 7.46. The van der Waals surface area contributed by atoms with E-state index in [-0.39, 0.29) is 11.5 Å². The quantitative estimate of drug-likeness (QED) is 0.638. The average molecular weight is 324 g/mol. The number of ether oxygens (including phenoxy) is 3. The van der Waals surface area contributed by atoms with E-state index in [1.807, 2.05) is 30.3 Å². The lowest BCUT2D eigenvalue weighted by Gasteiger charge is -2.12. The lowest BCUT2D eigenvalue weighted by molar-refractivity contribution is -0.147. The topological polar surface area (TPSA) is 61.8 Å².